The molecule has 2 N–H and O–H groups in total. The molecular weight excluding hydrogens is 288 g/mol. The fourth-order valence-electron chi connectivity index (χ4n) is 2.62. The van der Waals surface area contributed by atoms with Crippen LogP contribution in [0.3, 0.4) is 0 Å². The lowest BCUT2D eigenvalue weighted by Crippen LogP contribution is -2.34. The van der Waals surface area contributed by atoms with Crippen molar-refractivity contribution in [3.63, 3.8) is 0 Å². The van der Waals surface area contributed by atoms with Crippen molar-refractivity contribution < 1.29 is 0 Å². The molecule has 0 radical (unpaired) electrons. The number of piperidine rings is 1. The maximum Gasteiger partial charge on any atom is 0.0400 e. The average molecular weight is 311 g/mol. The zero-order valence-electron chi connectivity index (χ0n) is 11.3. The molecule has 1 aliphatic rings. The highest BCUT2D eigenvalue weighted by molar-refractivity contribution is 9.10. The Kier molecular flexibility index (Phi) is 4.68. The molecule has 100 valence electrons. The molecule has 2 rings (SSSR count). The predicted molar refractivity (Wildman–Crippen MR) is 82.1 cm³/mol. The van der Waals surface area contributed by atoms with Gasteiger partial charge in [-0.25, -0.2) is 0 Å². The van der Waals surface area contributed by atoms with Gasteiger partial charge in [0.1, 0.15) is 0 Å². The van der Waals surface area contributed by atoms with Gasteiger partial charge in [-0.15, -0.1) is 0 Å². The molecule has 2 nitrogen and oxygen atoms in total. The minimum Gasteiger partial charge on any atom is -0.371 e. The summed E-state index contributed by atoms with van der Waals surface area (Å²) in [4.78, 5) is 2.52. The first kappa shape index (κ1) is 13.9. The number of nitrogens with zero attached hydrogens (tertiary/aromatic N) is 1. The minimum atomic E-state index is 0.210. The van der Waals surface area contributed by atoms with Crippen molar-refractivity contribution in [1.29, 1.82) is 0 Å². The van der Waals surface area contributed by atoms with Crippen LogP contribution in [0.15, 0.2) is 22.7 Å². The van der Waals surface area contributed by atoms with E-state index in [0.29, 0.717) is 0 Å². The third kappa shape index (κ3) is 3.48. The van der Waals surface area contributed by atoms with Crippen LogP contribution in [0.5, 0.6) is 0 Å². The third-order valence-electron chi connectivity index (χ3n) is 3.71. The second-order valence-electron chi connectivity index (χ2n) is 5.62. The standard InChI is InChI=1S/C15H23BrN2/c1-11-5-7-18(8-6-11)15-4-3-14(16)10-13(15)9-12(2)17/h3-4,10-12H,5-9,17H2,1-2H3. The molecule has 1 aromatic rings. The number of nitrogens with two attached hydrogens (primary N) is 1. The molecule has 0 amide bonds. The second-order valence-corrected chi connectivity index (χ2v) is 6.54. The van der Waals surface area contributed by atoms with Crippen molar-refractivity contribution in [2.75, 3.05) is 18.0 Å². The van der Waals surface area contributed by atoms with Gasteiger partial charge < -0.3 is 10.6 Å². The van der Waals surface area contributed by atoms with E-state index in [0.717, 1.165) is 16.8 Å². The zero-order chi connectivity index (χ0) is 13.1. The molecule has 0 aliphatic carbocycles. The molecule has 0 bridgehead atoms. The Morgan fingerprint density at radius 2 is 2.06 bits per heavy atom. The highest BCUT2D eigenvalue weighted by Gasteiger charge is 2.18. The van der Waals surface area contributed by atoms with E-state index in [9.17, 15) is 0 Å². The van der Waals surface area contributed by atoms with Crippen LogP contribution in [-0.2, 0) is 6.42 Å². The van der Waals surface area contributed by atoms with Gasteiger partial charge in [0.05, 0.1) is 0 Å². The summed E-state index contributed by atoms with van der Waals surface area (Å²) < 4.78 is 1.15. The first-order valence-corrected chi connectivity index (χ1v) is 7.64. The Morgan fingerprint density at radius 1 is 1.39 bits per heavy atom. The normalized spacial score (nSPS) is 19.0. The van der Waals surface area contributed by atoms with Crippen LogP contribution in [0.4, 0.5) is 5.69 Å². The van der Waals surface area contributed by atoms with Gasteiger partial charge in [0.15, 0.2) is 0 Å². The van der Waals surface area contributed by atoms with Gasteiger partial charge in [-0.2, -0.15) is 0 Å². The largest absolute Gasteiger partial charge is 0.371 e. The van der Waals surface area contributed by atoms with Gasteiger partial charge in [-0.3, -0.25) is 0 Å². The van der Waals surface area contributed by atoms with Gasteiger partial charge >= 0.3 is 0 Å². The van der Waals surface area contributed by atoms with Crippen LogP contribution in [0.25, 0.3) is 0 Å². The Morgan fingerprint density at radius 3 is 2.67 bits per heavy atom. The summed E-state index contributed by atoms with van der Waals surface area (Å²) in [7, 11) is 0. The molecule has 1 atom stereocenters. The highest BCUT2D eigenvalue weighted by Crippen LogP contribution is 2.29. The monoisotopic (exact) mass is 310 g/mol. The van der Waals surface area contributed by atoms with Crippen LogP contribution in [-0.4, -0.2) is 19.1 Å². The lowest BCUT2D eigenvalue weighted by molar-refractivity contribution is 0.438. The molecule has 1 aliphatic heterocycles. The molecular formula is C15H23BrN2. The summed E-state index contributed by atoms with van der Waals surface area (Å²) in [5.41, 5.74) is 8.71. The van der Waals surface area contributed by atoms with Crippen molar-refractivity contribution >= 4 is 21.6 Å². The first-order chi connectivity index (χ1) is 8.56. The van der Waals surface area contributed by atoms with Crippen LogP contribution >= 0.6 is 15.9 Å². The van der Waals surface area contributed by atoms with Crippen LogP contribution in [0.2, 0.25) is 0 Å². The van der Waals surface area contributed by atoms with E-state index in [1.165, 1.54) is 37.2 Å². The van der Waals surface area contributed by atoms with E-state index >= 15 is 0 Å². The summed E-state index contributed by atoms with van der Waals surface area (Å²) in [6.45, 7) is 6.77. The lowest BCUT2D eigenvalue weighted by atomic mass is 9.97. The number of rotatable bonds is 3. The number of benzene rings is 1. The Hall–Kier alpha value is -0.540. The Bertz CT molecular complexity index is 395. The van der Waals surface area contributed by atoms with Gasteiger partial charge in [0.2, 0.25) is 0 Å². The van der Waals surface area contributed by atoms with E-state index in [2.05, 4.69) is 52.9 Å². The third-order valence-corrected chi connectivity index (χ3v) is 4.20. The molecule has 1 heterocycles. The Balaban J connectivity index is 2.20. The highest BCUT2D eigenvalue weighted by atomic mass is 79.9. The van der Waals surface area contributed by atoms with Gasteiger partial charge in [0, 0.05) is 29.3 Å². The predicted octanol–water partition coefficient (Wildman–Crippen LogP) is 3.58. The summed E-state index contributed by atoms with van der Waals surface area (Å²) in [5.74, 6) is 0.869. The fourth-order valence-corrected chi connectivity index (χ4v) is 3.03. The molecule has 3 heteroatoms. The molecule has 1 aromatic carbocycles. The number of halogens is 1. The first-order valence-electron chi connectivity index (χ1n) is 6.85. The van der Waals surface area contributed by atoms with Crippen molar-refractivity contribution in [2.24, 2.45) is 11.7 Å². The number of hydrogen-bond acceptors (Lipinski definition) is 2. The molecule has 1 unspecified atom stereocenters. The van der Waals surface area contributed by atoms with Gasteiger partial charge in [0.25, 0.3) is 0 Å². The van der Waals surface area contributed by atoms with Crippen LogP contribution in [0.1, 0.15) is 32.3 Å². The number of anilines is 1. The molecule has 0 aromatic heterocycles. The van der Waals surface area contributed by atoms with Crippen LogP contribution in [0, 0.1) is 5.92 Å². The molecule has 0 spiro atoms. The summed E-state index contributed by atoms with van der Waals surface area (Å²) >= 11 is 3.56. The topological polar surface area (TPSA) is 29.3 Å². The quantitative estimate of drug-likeness (QED) is 0.924. The van der Waals surface area contributed by atoms with Crippen molar-refractivity contribution in [3.8, 4) is 0 Å². The Labute approximate surface area is 119 Å². The fraction of sp³-hybridized carbons (Fsp3) is 0.600. The molecule has 1 fully saturated rings. The van der Waals surface area contributed by atoms with Crippen molar-refractivity contribution in [1.82, 2.24) is 0 Å². The molecule has 0 saturated carbocycles. The summed E-state index contributed by atoms with van der Waals surface area (Å²) in [5, 5.41) is 0. The van der Waals surface area contributed by atoms with E-state index in [1.54, 1.807) is 0 Å². The number of hydrogen-bond donors (Lipinski definition) is 1. The molecule has 18 heavy (non-hydrogen) atoms. The van der Waals surface area contributed by atoms with Gasteiger partial charge in [-0.1, -0.05) is 22.9 Å². The van der Waals surface area contributed by atoms with Gasteiger partial charge in [-0.05, 0) is 55.9 Å². The van der Waals surface area contributed by atoms with Crippen molar-refractivity contribution in [2.45, 2.75) is 39.2 Å². The van der Waals surface area contributed by atoms with Crippen LogP contribution < -0.4 is 10.6 Å². The maximum atomic E-state index is 5.96. The summed E-state index contributed by atoms with van der Waals surface area (Å²) in [6, 6.07) is 6.80. The van der Waals surface area contributed by atoms with Crippen molar-refractivity contribution in [3.05, 3.63) is 28.2 Å². The lowest BCUT2D eigenvalue weighted by Gasteiger charge is -2.34. The summed E-state index contributed by atoms with van der Waals surface area (Å²) in [6.07, 6.45) is 3.54. The van der Waals surface area contributed by atoms with E-state index in [-0.39, 0.29) is 6.04 Å². The van der Waals surface area contributed by atoms with E-state index < -0.39 is 0 Å². The van der Waals surface area contributed by atoms with E-state index in [4.69, 9.17) is 5.73 Å². The SMILES string of the molecule is CC(N)Cc1cc(Br)ccc1N1CCC(C)CC1. The average Bonchev–Trinajstić information content (AvgIpc) is 2.30. The zero-order valence-corrected chi connectivity index (χ0v) is 12.9. The minimum absolute atomic E-state index is 0.210. The maximum absolute atomic E-state index is 5.96. The molecule has 1 saturated heterocycles. The smallest absolute Gasteiger partial charge is 0.0400 e. The van der Waals surface area contributed by atoms with E-state index in [1.807, 2.05) is 0 Å². The second kappa shape index (κ2) is 6.07.